The van der Waals surface area contributed by atoms with E-state index in [1.165, 1.54) is 29.1 Å². The third kappa shape index (κ3) is 2.84. The molecule has 1 amide bonds. The second kappa shape index (κ2) is 6.31. The fraction of sp³-hybridized carbons (Fsp3) is 0.211. The van der Waals surface area contributed by atoms with E-state index < -0.39 is 10.5 Å². The van der Waals surface area contributed by atoms with Gasteiger partial charge in [0.2, 0.25) is 5.91 Å². The van der Waals surface area contributed by atoms with Crippen LogP contribution in [-0.4, -0.2) is 26.4 Å². The van der Waals surface area contributed by atoms with Crippen LogP contribution in [0.25, 0.3) is 10.9 Å². The molecule has 2 aromatic carbocycles. The quantitative estimate of drug-likeness (QED) is 0.524. The summed E-state index contributed by atoms with van der Waals surface area (Å²) < 4.78 is 1.24. The van der Waals surface area contributed by atoms with Gasteiger partial charge in [-0.2, -0.15) is 0 Å². The predicted molar refractivity (Wildman–Crippen MR) is 99.8 cm³/mol. The highest BCUT2D eigenvalue weighted by molar-refractivity contribution is 5.96. The van der Waals surface area contributed by atoms with Crippen LogP contribution in [0.1, 0.15) is 12.5 Å². The number of rotatable bonds is 3. The number of benzene rings is 2. The number of anilines is 1. The molecule has 0 N–H and O–H groups in total. The van der Waals surface area contributed by atoms with E-state index in [9.17, 15) is 19.7 Å². The molecule has 1 atom stereocenters. The number of aromatic nitrogens is 2. The standard InChI is InChI=1S/C19H16N4O4/c1-12-8-13-4-2-3-5-17(13)22(12)18(24)10-21-11-20-16-9-14(23(26)27)6-7-15(16)19(21)25/h2-7,9,11-12H,8,10H2,1H3. The molecule has 1 aliphatic heterocycles. The van der Waals surface area contributed by atoms with Gasteiger partial charge in [-0.15, -0.1) is 0 Å². The predicted octanol–water partition coefficient (Wildman–Crippen LogP) is 2.28. The molecule has 0 radical (unpaired) electrons. The number of nitro benzene ring substituents is 1. The van der Waals surface area contributed by atoms with Crippen molar-refractivity contribution >= 4 is 28.2 Å². The number of nitro groups is 1. The van der Waals surface area contributed by atoms with Gasteiger partial charge in [0.25, 0.3) is 11.2 Å². The summed E-state index contributed by atoms with van der Waals surface area (Å²) in [5, 5.41) is 11.1. The van der Waals surface area contributed by atoms with Gasteiger partial charge in [0.1, 0.15) is 6.54 Å². The minimum atomic E-state index is -0.539. The SMILES string of the molecule is CC1Cc2ccccc2N1C(=O)Cn1cnc2cc([N+](=O)[O-])ccc2c1=O. The van der Waals surface area contributed by atoms with Crippen LogP contribution in [0.4, 0.5) is 11.4 Å². The van der Waals surface area contributed by atoms with Gasteiger partial charge in [0.05, 0.1) is 22.2 Å². The summed E-state index contributed by atoms with van der Waals surface area (Å²) in [6.07, 6.45) is 2.04. The zero-order chi connectivity index (χ0) is 19.1. The summed E-state index contributed by atoms with van der Waals surface area (Å²) in [6, 6.07) is 11.6. The highest BCUT2D eigenvalue weighted by atomic mass is 16.6. The smallest absolute Gasteiger partial charge is 0.271 e. The summed E-state index contributed by atoms with van der Waals surface area (Å²) in [4.78, 5) is 41.7. The van der Waals surface area contributed by atoms with Crippen molar-refractivity contribution in [2.24, 2.45) is 0 Å². The summed E-state index contributed by atoms with van der Waals surface area (Å²) in [5.41, 5.74) is 1.67. The van der Waals surface area contributed by atoms with E-state index in [4.69, 9.17) is 0 Å². The van der Waals surface area contributed by atoms with E-state index in [1.807, 2.05) is 31.2 Å². The van der Waals surface area contributed by atoms with Gasteiger partial charge in [-0.1, -0.05) is 18.2 Å². The molecule has 0 spiro atoms. The van der Waals surface area contributed by atoms with E-state index in [0.29, 0.717) is 0 Å². The molecule has 0 fully saturated rings. The number of carbonyl (C=O) groups is 1. The van der Waals surface area contributed by atoms with Gasteiger partial charge < -0.3 is 4.90 Å². The van der Waals surface area contributed by atoms with Crippen molar-refractivity contribution in [3.05, 3.63) is 74.8 Å². The number of hydrogen-bond donors (Lipinski definition) is 0. The molecule has 27 heavy (non-hydrogen) atoms. The second-order valence-electron chi connectivity index (χ2n) is 6.58. The largest absolute Gasteiger partial charge is 0.307 e. The number of nitrogens with zero attached hydrogens (tertiary/aromatic N) is 4. The van der Waals surface area contributed by atoms with E-state index in [0.717, 1.165) is 17.7 Å². The Labute approximate surface area is 153 Å². The summed E-state index contributed by atoms with van der Waals surface area (Å²) in [7, 11) is 0. The topological polar surface area (TPSA) is 98.3 Å². The third-order valence-corrected chi connectivity index (χ3v) is 4.80. The lowest BCUT2D eigenvalue weighted by atomic mass is 10.1. The maximum Gasteiger partial charge on any atom is 0.271 e. The van der Waals surface area contributed by atoms with Crippen LogP contribution in [0.15, 0.2) is 53.6 Å². The van der Waals surface area contributed by atoms with E-state index in [1.54, 1.807) is 4.90 Å². The van der Waals surface area contributed by atoms with Crippen molar-refractivity contribution in [1.82, 2.24) is 9.55 Å². The van der Waals surface area contributed by atoms with Crippen LogP contribution >= 0.6 is 0 Å². The molecular weight excluding hydrogens is 348 g/mol. The Morgan fingerprint density at radius 2 is 2.07 bits per heavy atom. The van der Waals surface area contributed by atoms with E-state index >= 15 is 0 Å². The molecule has 136 valence electrons. The minimum Gasteiger partial charge on any atom is -0.307 e. The number of para-hydroxylation sites is 1. The van der Waals surface area contributed by atoms with Gasteiger partial charge >= 0.3 is 0 Å². The normalized spacial score (nSPS) is 15.7. The average molecular weight is 364 g/mol. The Bertz CT molecular complexity index is 1140. The van der Waals surface area contributed by atoms with Crippen LogP contribution in [-0.2, 0) is 17.8 Å². The van der Waals surface area contributed by atoms with Crippen molar-refractivity contribution in [3.63, 3.8) is 0 Å². The molecule has 1 aliphatic rings. The van der Waals surface area contributed by atoms with E-state index in [2.05, 4.69) is 4.98 Å². The third-order valence-electron chi connectivity index (χ3n) is 4.80. The molecule has 0 bridgehead atoms. The summed E-state index contributed by atoms with van der Waals surface area (Å²) >= 11 is 0. The first kappa shape index (κ1) is 16.9. The van der Waals surface area contributed by atoms with Gasteiger partial charge in [-0.05, 0) is 31.0 Å². The first-order valence-corrected chi connectivity index (χ1v) is 8.49. The van der Waals surface area contributed by atoms with E-state index in [-0.39, 0.29) is 35.1 Å². The molecule has 8 nitrogen and oxygen atoms in total. The Hall–Kier alpha value is -3.55. The Morgan fingerprint density at radius 1 is 1.30 bits per heavy atom. The molecule has 0 saturated carbocycles. The molecule has 1 aromatic heterocycles. The van der Waals surface area contributed by atoms with Crippen LogP contribution in [0.2, 0.25) is 0 Å². The monoisotopic (exact) mass is 364 g/mol. The van der Waals surface area contributed by atoms with Crippen molar-refractivity contribution in [1.29, 1.82) is 0 Å². The highest BCUT2D eigenvalue weighted by Gasteiger charge is 2.30. The van der Waals surface area contributed by atoms with Crippen LogP contribution in [0, 0.1) is 10.1 Å². The lowest BCUT2D eigenvalue weighted by molar-refractivity contribution is -0.384. The lowest BCUT2D eigenvalue weighted by Crippen LogP contribution is -2.40. The number of amides is 1. The Balaban J connectivity index is 1.67. The zero-order valence-corrected chi connectivity index (χ0v) is 14.5. The van der Waals surface area contributed by atoms with Crippen molar-refractivity contribution in [2.45, 2.75) is 25.9 Å². The van der Waals surface area contributed by atoms with Crippen LogP contribution in [0.3, 0.4) is 0 Å². The first-order chi connectivity index (χ1) is 13.0. The number of fused-ring (bicyclic) bond motifs is 2. The average Bonchev–Trinajstić information content (AvgIpc) is 2.99. The van der Waals surface area contributed by atoms with Gasteiger partial charge in [-0.25, -0.2) is 4.98 Å². The lowest BCUT2D eigenvalue weighted by Gasteiger charge is -2.23. The molecule has 2 heterocycles. The first-order valence-electron chi connectivity index (χ1n) is 8.49. The Morgan fingerprint density at radius 3 is 2.85 bits per heavy atom. The molecule has 0 aliphatic carbocycles. The summed E-state index contributed by atoms with van der Waals surface area (Å²) in [5.74, 6) is -0.197. The van der Waals surface area contributed by atoms with Gasteiger partial charge in [-0.3, -0.25) is 24.3 Å². The molecule has 0 saturated heterocycles. The molecule has 4 rings (SSSR count). The minimum absolute atomic E-state index is 0.0154. The molecule has 3 aromatic rings. The Kier molecular flexibility index (Phi) is 3.95. The van der Waals surface area contributed by atoms with Gasteiger partial charge in [0.15, 0.2) is 0 Å². The highest BCUT2D eigenvalue weighted by Crippen LogP contribution is 2.31. The number of carbonyl (C=O) groups excluding carboxylic acids is 1. The fourth-order valence-electron chi connectivity index (χ4n) is 3.54. The second-order valence-corrected chi connectivity index (χ2v) is 6.58. The van der Waals surface area contributed by atoms with Crippen molar-refractivity contribution in [2.75, 3.05) is 4.90 Å². The van der Waals surface area contributed by atoms with Crippen molar-refractivity contribution in [3.8, 4) is 0 Å². The van der Waals surface area contributed by atoms with Gasteiger partial charge in [0, 0.05) is 23.9 Å². The van der Waals surface area contributed by atoms with Crippen molar-refractivity contribution < 1.29 is 9.72 Å². The maximum absolute atomic E-state index is 12.9. The maximum atomic E-state index is 12.9. The molecule has 8 heteroatoms. The summed E-state index contributed by atoms with van der Waals surface area (Å²) in [6.45, 7) is 1.83. The number of hydrogen-bond acceptors (Lipinski definition) is 5. The molecule has 1 unspecified atom stereocenters. The zero-order valence-electron chi connectivity index (χ0n) is 14.5. The number of non-ortho nitro benzene ring substituents is 1. The fourth-order valence-corrected chi connectivity index (χ4v) is 3.54. The van der Waals surface area contributed by atoms with Crippen LogP contribution < -0.4 is 10.5 Å². The van der Waals surface area contributed by atoms with Crippen LogP contribution in [0.5, 0.6) is 0 Å². The molecular formula is C19H16N4O4.